The van der Waals surface area contributed by atoms with E-state index < -0.39 is 40.9 Å². The molecule has 0 saturated heterocycles. The first-order valence-electron chi connectivity index (χ1n) is 6.59. The Morgan fingerprint density at radius 3 is 2.25 bits per heavy atom. The average molecular weight is 346 g/mol. The average Bonchev–Trinajstić information content (AvgIpc) is 2.47. The number of nitrogens with one attached hydrogen (secondary N) is 1. The number of alkyl halides is 3. The predicted octanol–water partition coefficient (Wildman–Crippen LogP) is 2.70. The summed E-state index contributed by atoms with van der Waals surface area (Å²) in [7, 11) is 1.39. The molecule has 0 bridgehead atoms. The highest BCUT2D eigenvalue weighted by Crippen LogP contribution is 2.35. The first-order valence-corrected chi connectivity index (χ1v) is 6.59. The van der Waals surface area contributed by atoms with Crippen molar-refractivity contribution in [2.45, 2.75) is 12.2 Å². The molecule has 0 aliphatic carbocycles. The fourth-order valence-electron chi connectivity index (χ4n) is 2.01. The van der Waals surface area contributed by atoms with E-state index in [9.17, 15) is 31.5 Å². The Kier molecular flexibility index (Phi) is 4.72. The van der Waals surface area contributed by atoms with E-state index in [1.54, 1.807) is 0 Å². The number of aromatic nitrogens is 1. The monoisotopic (exact) mass is 346 g/mol. The van der Waals surface area contributed by atoms with Crippen LogP contribution in [-0.4, -0.2) is 16.7 Å². The van der Waals surface area contributed by atoms with E-state index >= 15 is 0 Å². The van der Waals surface area contributed by atoms with E-state index in [1.165, 1.54) is 18.6 Å². The fourth-order valence-corrected chi connectivity index (χ4v) is 2.01. The Hall–Kier alpha value is -2.71. The highest BCUT2D eigenvalue weighted by Gasteiger charge is 2.44. The van der Waals surface area contributed by atoms with E-state index in [0.29, 0.717) is 12.1 Å². The third-order valence-electron chi connectivity index (χ3n) is 3.26. The van der Waals surface area contributed by atoms with E-state index in [-0.39, 0.29) is 5.56 Å². The van der Waals surface area contributed by atoms with Gasteiger partial charge in [-0.15, -0.1) is 0 Å². The van der Waals surface area contributed by atoms with Gasteiger partial charge in [-0.05, 0) is 18.2 Å². The molecule has 1 heterocycles. The van der Waals surface area contributed by atoms with Crippen molar-refractivity contribution in [3.8, 4) is 0 Å². The lowest BCUT2D eigenvalue weighted by atomic mass is 10.0. The molecule has 1 amide bonds. The summed E-state index contributed by atoms with van der Waals surface area (Å²) >= 11 is 0. The maximum atomic E-state index is 13.7. The number of amides is 1. The molecule has 1 unspecified atom stereocenters. The lowest BCUT2D eigenvalue weighted by molar-refractivity contribution is -0.156. The first kappa shape index (κ1) is 17.6. The molecule has 0 fully saturated rings. The number of rotatable bonds is 3. The quantitative estimate of drug-likeness (QED) is 0.869. The topological polar surface area (TPSA) is 51.1 Å². The van der Waals surface area contributed by atoms with Gasteiger partial charge in [-0.2, -0.15) is 13.2 Å². The molecule has 2 rings (SSSR count). The number of carbonyl (C=O) groups excluding carboxylic acids is 1. The number of aryl methyl sites for hydroxylation is 1. The summed E-state index contributed by atoms with van der Waals surface area (Å²) in [6.07, 6.45) is -3.96. The van der Waals surface area contributed by atoms with Crippen LogP contribution in [0.3, 0.4) is 0 Å². The van der Waals surface area contributed by atoms with Crippen molar-refractivity contribution in [2.75, 3.05) is 0 Å². The minimum atomic E-state index is -5.14. The molecule has 2 aromatic rings. The van der Waals surface area contributed by atoms with E-state index in [2.05, 4.69) is 0 Å². The van der Waals surface area contributed by atoms with Crippen LogP contribution in [-0.2, 0) is 7.05 Å². The lowest BCUT2D eigenvalue weighted by Crippen LogP contribution is -2.39. The zero-order valence-corrected chi connectivity index (χ0v) is 12.2. The smallest absolute Gasteiger partial charge is 0.337 e. The molecule has 0 aliphatic rings. The van der Waals surface area contributed by atoms with Crippen molar-refractivity contribution in [1.82, 2.24) is 9.88 Å². The molecule has 128 valence electrons. The number of pyridine rings is 1. The molecule has 24 heavy (non-hydrogen) atoms. The zero-order valence-electron chi connectivity index (χ0n) is 12.2. The third-order valence-corrected chi connectivity index (χ3v) is 3.26. The van der Waals surface area contributed by atoms with Crippen molar-refractivity contribution in [3.63, 3.8) is 0 Å². The van der Waals surface area contributed by atoms with E-state index in [0.717, 1.165) is 22.8 Å². The summed E-state index contributed by atoms with van der Waals surface area (Å²) < 4.78 is 67.9. The minimum absolute atomic E-state index is 0.357. The van der Waals surface area contributed by atoms with Gasteiger partial charge in [-0.3, -0.25) is 9.59 Å². The summed E-state index contributed by atoms with van der Waals surface area (Å²) in [6.45, 7) is 0. The van der Waals surface area contributed by atoms with Gasteiger partial charge in [0.15, 0.2) is 6.04 Å². The Morgan fingerprint density at radius 2 is 1.75 bits per heavy atom. The highest BCUT2D eigenvalue weighted by atomic mass is 19.4. The van der Waals surface area contributed by atoms with Gasteiger partial charge in [-0.25, -0.2) is 8.78 Å². The zero-order chi connectivity index (χ0) is 18.1. The van der Waals surface area contributed by atoms with Crippen LogP contribution in [0, 0.1) is 11.6 Å². The molecule has 0 aliphatic heterocycles. The molecule has 4 nitrogen and oxygen atoms in total. The van der Waals surface area contributed by atoms with Crippen molar-refractivity contribution in [2.24, 2.45) is 7.05 Å². The Morgan fingerprint density at radius 1 is 1.17 bits per heavy atom. The second kappa shape index (κ2) is 6.42. The van der Waals surface area contributed by atoms with E-state index in [1.807, 2.05) is 0 Å². The van der Waals surface area contributed by atoms with Gasteiger partial charge in [0, 0.05) is 24.9 Å². The summed E-state index contributed by atoms with van der Waals surface area (Å²) in [5, 5.41) is 1.53. The number of nitrogens with zero attached hydrogens (tertiary/aromatic N) is 1. The molecular weight excluding hydrogens is 335 g/mol. The molecule has 0 saturated carbocycles. The molecule has 0 radical (unpaired) electrons. The SMILES string of the molecule is Cn1ccc(C(=O)NC(c2c(F)cccc2F)C(F)(F)F)cc1=O. The molecule has 0 spiro atoms. The number of hydrogen-bond donors (Lipinski definition) is 1. The van der Waals surface area contributed by atoms with Crippen LogP contribution in [0.15, 0.2) is 41.3 Å². The maximum absolute atomic E-state index is 13.7. The Labute approximate surface area is 132 Å². The maximum Gasteiger partial charge on any atom is 0.413 e. The van der Waals surface area contributed by atoms with Gasteiger partial charge in [0.1, 0.15) is 11.6 Å². The minimum Gasteiger partial charge on any atom is -0.337 e. The van der Waals surface area contributed by atoms with Crippen molar-refractivity contribution >= 4 is 5.91 Å². The first-order chi connectivity index (χ1) is 11.1. The van der Waals surface area contributed by atoms with Gasteiger partial charge in [-0.1, -0.05) is 6.07 Å². The normalized spacial score (nSPS) is 12.8. The third kappa shape index (κ3) is 3.61. The molecule has 9 heteroatoms. The van der Waals surface area contributed by atoms with Gasteiger partial charge >= 0.3 is 6.18 Å². The second-order valence-corrected chi connectivity index (χ2v) is 4.95. The van der Waals surface area contributed by atoms with Crippen LogP contribution in [0.25, 0.3) is 0 Å². The van der Waals surface area contributed by atoms with Crippen LogP contribution in [0.2, 0.25) is 0 Å². The number of halogens is 5. The standard InChI is InChI=1S/C15H11F5N2O2/c1-22-6-5-8(7-11(22)23)14(24)21-13(15(18,19)20)12-9(16)3-2-4-10(12)17/h2-7,13H,1H3,(H,21,24). The van der Waals surface area contributed by atoms with Gasteiger partial charge in [0.05, 0.1) is 5.56 Å². The summed E-state index contributed by atoms with van der Waals surface area (Å²) in [5.41, 5.74) is -2.30. The molecular formula is C15H11F5N2O2. The number of hydrogen-bond acceptors (Lipinski definition) is 2. The van der Waals surface area contributed by atoms with Gasteiger partial charge < -0.3 is 9.88 Å². The fraction of sp³-hybridized carbons (Fsp3) is 0.200. The van der Waals surface area contributed by atoms with Crippen LogP contribution < -0.4 is 10.9 Å². The van der Waals surface area contributed by atoms with E-state index in [4.69, 9.17) is 0 Å². The highest BCUT2D eigenvalue weighted by molar-refractivity contribution is 5.94. The summed E-state index contributed by atoms with van der Waals surface area (Å²) in [6, 6.07) is 1.26. The summed E-state index contributed by atoms with van der Waals surface area (Å²) in [5.74, 6) is -4.17. The second-order valence-electron chi connectivity index (χ2n) is 4.95. The molecule has 1 aromatic heterocycles. The lowest BCUT2D eigenvalue weighted by Gasteiger charge is -2.23. The Bertz CT molecular complexity index is 809. The predicted molar refractivity (Wildman–Crippen MR) is 74.3 cm³/mol. The molecule has 1 aromatic carbocycles. The van der Waals surface area contributed by atoms with Crippen molar-refractivity contribution in [1.29, 1.82) is 0 Å². The molecule has 1 N–H and O–H groups in total. The van der Waals surface area contributed by atoms with Crippen molar-refractivity contribution < 1.29 is 26.7 Å². The number of benzene rings is 1. The van der Waals surface area contributed by atoms with Crippen LogP contribution in [0.5, 0.6) is 0 Å². The number of carbonyl (C=O) groups is 1. The van der Waals surface area contributed by atoms with Crippen LogP contribution in [0.4, 0.5) is 22.0 Å². The van der Waals surface area contributed by atoms with Gasteiger partial charge in [0.25, 0.3) is 11.5 Å². The van der Waals surface area contributed by atoms with Crippen molar-refractivity contribution in [3.05, 3.63) is 69.6 Å². The van der Waals surface area contributed by atoms with Crippen LogP contribution in [0.1, 0.15) is 22.0 Å². The van der Waals surface area contributed by atoms with Gasteiger partial charge in [0.2, 0.25) is 0 Å². The van der Waals surface area contributed by atoms with Crippen LogP contribution >= 0.6 is 0 Å². The largest absolute Gasteiger partial charge is 0.413 e. The molecule has 1 atom stereocenters. The summed E-state index contributed by atoms with van der Waals surface area (Å²) in [4.78, 5) is 23.4. The Balaban J connectivity index is 2.42.